The molecule has 4 rings (SSSR count). The third-order valence-corrected chi connectivity index (χ3v) is 4.40. The number of hydrogen-bond acceptors (Lipinski definition) is 4. The first-order chi connectivity index (χ1) is 12.1. The van der Waals surface area contributed by atoms with Crippen LogP contribution in [0.3, 0.4) is 0 Å². The quantitative estimate of drug-likeness (QED) is 0.683. The Labute approximate surface area is 144 Å². The number of carbonyl (C=O) groups excluding carboxylic acids is 1. The number of aliphatic hydroxyl groups is 1. The highest BCUT2D eigenvalue weighted by atomic mass is 16.3. The number of hydrogen-bond donors (Lipinski definition) is 1. The van der Waals surface area contributed by atoms with Gasteiger partial charge in [0.2, 0.25) is 5.60 Å². The molecule has 1 N–H and O–H groups in total. The zero-order valence-corrected chi connectivity index (χ0v) is 13.7. The number of rotatable bonds is 1. The zero-order valence-electron chi connectivity index (χ0n) is 13.7. The van der Waals surface area contributed by atoms with Crippen LogP contribution in [0.2, 0.25) is 0 Å². The van der Waals surface area contributed by atoms with Crippen molar-refractivity contribution in [3.05, 3.63) is 54.7 Å². The molecule has 1 amide bonds. The smallest absolute Gasteiger partial charge is 0.267 e. The van der Waals surface area contributed by atoms with Crippen molar-refractivity contribution in [2.45, 2.75) is 12.0 Å². The maximum Gasteiger partial charge on any atom is 0.267 e. The Hall–Kier alpha value is -3.17. The van der Waals surface area contributed by atoms with E-state index in [0.29, 0.717) is 13.0 Å². The summed E-state index contributed by atoms with van der Waals surface area (Å²) in [6, 6.07) is 7.58. The van der Waals surface area contributed by atoms with Crippen LogP contribution in [0.1, 0.15) is 12.0 Å². The van der Waals surface area contributed by atoms with Crippen LogP contribution >= 0.6 is 0 Å². The molecule has 1 aliphatic rings. The summed E-state index contributed by atoms with van der Waals surface area (Å²) < 4.78 is 1.90. The summed E-state index contributed by atoms with van der Waals surface area (Å²) in [5.74, 6) is 5.33. The molecule has 1 saturated heterocycles. The molecular weight excluding hydrogens is 316 g/mol. The highest BCUT2D eigenvalue weighted by Gasteiger charge is 2.42. The van der Waals surface area contributed by atoms with Gasteiger partial charge in [-0.25, -0.2) is 4.98 Å². The van der Waals surface area contributed by atoms with Gasteiger partial charge in [-0.15, -0.1) is 0 Å². The Kier molecular flexibility index (Phi) is 3.52. The van der Waals surface area contributed by atoms with Gasteiger partial charge in [0.05, 0.1) is 17.4 Å². The molecule has 0 spiro atoms. The zero-order chi connectivity index (χ0) is 17.4. The van der Waals surface area contributed by atoms with Crippen LogP contribution in [0.15, 0.2) is 49.2 Å². The Morgan fingerprint density at radius 3 is 3.04 bits per heavy atom. The van der Waals surface area contributed by atoms with Gasteiger partial charge >= 0.3 is 0 Å². The molecule has 6 heteroatoms. The fraction of sp³-hybridized carbons (Fsp3) is 0.211. The van der Waals surface area contributed by atoms with E-state index < -0.39 is 5.60 Å². The van der Waals surface area contributed by atoms with Crippen molar-refractivity contribution in [3.63, 3.8) is 0 Å². The van der Waals surface area contributed by atoms with Gasteiger partial charge in [-0.3, -0.25) is 9.78 Å². The Morgan fingerprint density at radius 2 is 2.24 bits per heavy atom. The van der Waals surface area contributed by atoms with Gasteiger partial charge in [0.15, 0.2) is 0 Å². The third-order valence-electron chi connectivity index (χ3n) is 4.40. The number of imidazole rings is 1. The highest BCUT2D eigenvalue weighted by Crippen LogP contribution is 2.24. The molecule has 1 aliphatic heterocycles. The van der Waals surface area contributed by atoms with E-state index in [1.54, 1.807) is 25.8 Å². The molecule has 2 aromatic heterocycles. The minimum absolute atomic E-state index is 0.326. The number of carbonyl (C=O) groups is 1. The van der Waals surface area contributed by atoms with Crippen LogP contribution in [-0.4, -0.2) is 49.5 Å². The molecular formula is C19H16N4O2. The summed E-state index contributed by atoms with van der Waals surface area (Å²) in [6.07, 6.45) is 7.37. The largest absolute Gasteiger partial charge is 0.369 e. The monoisotopic (exact) mass is 332 g/mol. The van der Waals surface area contributed by atoms with Crippen molar-refractivity contribution < 1.29 is 9.90 Å². The van der Waals surface area contributed by atoms with E-state index in [2.05, 4.69) is 21.8 Å². The van der Waals surface area contributed by atoms with Gasteiger partial charge in [-0.2, -0.15) is 0 Å². The van der Waals surface area contributed by atoms with E-state index in [0.717, 1.165) is 22.3 Å². The van der Waals surface area contributed by atoms with E-state index in [4.69, 9.17) is 0 Å². The summed E-state index contributed by atoms with van der Waals surface area (Å²) in [7, 11) is 1.67. The second kappa shape index (κ2) is 5.72. The summed E-state index contributed by atoms with van der Waals surface area (Å²) >= 11 is 0. The van der Waals surface area contributed by atoms with Crippen LogP contribution < -0.4 is 0 Å². The highest BCUT2D eigenvalue weighted by molar-refractivity contribution is 5.90. The molecule has 0 unspecified atom stereocenters. The Balaban J connectivity index is 1.70. The second-order valence-electron chi connectivity index (χ2n) is 6.13. The van der Waals surface area contributed by atoms with Crippen molar-refractivity contribution >= 4 is 11.4 Å². The molecule has 25 heavy (non-hydrogen) atoms. The molecule has 3 heterocycles. The molecule has 0 aliphatic carbocycles. The lowest BCUT2D eigenvalue weighted by Crippen LogP contribution is -2.37. The lowest BCUT2D eigenvalue weighted by Gasteiger charge is -2.13. The van der Waals surface area contributed by atoms with E-state index in [9.17, 15) is 9.90 Å². The number of aromatic nitrogens is 3. The molecule has 124 valence electrons. The predicted molar refractivity (Wildman–Crippen MR) is 92.5 cm³/mol. The Bertz CT molecular complexity index is 1030. The molecule has 0 bridgehead atoms. The van der Waals surface area contributed by atoms with Crippen LogP contribution in [0.4, 0.5) is 0 Å². The standard InChI is InChI=1S/C19H16N4O2/c1-22-9-7-19(25,18(22)24)6-5-14-3-2-4-15(11-14)17-16-12-20-8-10-23(16)13-21-17/h2-4,8,10-13,25H,7,9H2,1H3/t19-/m0/s1. The molecule has 6 nitrogen and oxygen atoms in total. The molecule has 1 fully saturated rings. The SMILES string of the molecule is CN1CC[C@@](O)(C#Cc2cccc(-c3ncn4ccncc34)c2)C1=O. The van der Waals surface area contributed by atoms with Crippen molar-refractivity contribution in [1.82, 2.24) is 19.3 Å². The lowest BCUT2D eigenvalue weighted by molar-refractivity contribution is -0.137. The van der Waals surface area contributed by atoms with E-state index in [1.807, 2.05) is 34.9 Å². The van der Waals surface area contributed by atoms with Crippen molar-refractivity contribution in [2.24, 2.45) is 0 Å². The number of nitrogens with zero attached hydrogens (tertiary/aromatic N) is 4. The average Bonchev–Trinajstić information content (AvgIpc) is 3.18. The third kappa shape index (κ3) is 2.65. The molecule has 0 radical (unpaired) electrons. The topological polar surface area (TPSA) is 70.7 Å². The number of likely N-dealkylation sites (N-methyl/N-ethyl adjacent to an activating group) is 1. The van der Waals surface area contributed by atoms with Crippen molar-refractivity contribution in [2.75, 3.05) is 13.6 Å². The Morgan fingerprint density at radius 1 is 1.36 bits per heavy atom. The lowest BCUT2D eigenvalue weighted by atomic mass is 10.0. The molecule has 1 aromatic carbocycles. The van der Waals surface area contributed by atoms with Gasteiger partial charge in [0, 0.05) is 43.5 Å². The van der Waals surface area contributed by atoms with Crippen LogP contribution in [0.5, 0.6) is 0 Å². The fourth-order valence-electron chi connectivity index (χ4n) is 2.95. The minimum atomic E-state index is -1.59. The van der Waals surface area contributed by atoms with E-state index in [-0.39, 0.29) is 5.91 Å². The van der Waals surface area contributed by atoms with Gasteiger partial charge in [0.1, 0.15) is 6.33 Å². The molecule has 1 atom stereocenters. The average molecular weight is 332 g/mol. The number of fused-ring (bicyclic) bond motifs is 1. The summed E-state index contributed by atoms with van der Waals surface area (Å²) in [6.45, 7) is 0.512. The van der Waals surface area contributed by atoms with Gasteiger partial charge in [-0.1, -0.05) is 24.0 Å². The first kappa shape index (κ1) is 15.4. The molecule has 3 aromatic rings. The van der Waals surface area contributed by atoms with Crippen LogP contribution in [0.25, 0.3) is 16.8 Å². The summed E-state index contributed by atoms with van der Waals surface area (Å²) in [4.78, 5) is 22.1. The van der Waals surface area contributed by atoms with Crippen LogP contribution in [0, 0.1) is 11.8 Å². The second-order valence-corrected chi connectivity index (χ2v) is 6.13. The molecule has 0 saturated carbocycles. The maximum absolute atomic E-state index is 12.0. The van der Waals surface area contributed by atoms with E-state index in [1.165, 1.54) is 4.90 Å². The van der Waals surface area contributed by atoms with Gasteiger partial charge in [-0.05, 0) is 12.1 Å². The predicted octanol–water partition coefficient (Wildman–Crippen LogP) is 1.34. The maximum atomic E-state index is 12.0. The fourth-order valence-corrected chi connectivity index (χ4v) is 2.95. The summed E-state index contributed by atoms with van der Waals surface area (Å²) in [5.41, 5.74) is 1.75. The minimum Gasteiger partial charge on any atom is -0.369 e. The van der Waals surface area contributed by atoms with Crippen molar-refractivity contribution in [1.29, 1.82) is 0 Å². The van der Waals surface area contributed by atoms with Crippen molar-refractivity contribution in [3.8, 4) is 23.1 Å². The summed E-state index contributed by atoms with van der Waals surface area (Å²) in [5, 5.41) is 10.4. The first-order valence-electron chi connectivity index (χ1n) is 7.95. The van der Waals surface area contributed by atoms with Gasteiger partial charge in [0.25, 0.3) is 5.91 Å². The van der Waals surface area contributed by atoms with E-state index >= 15 is 0 Å². The number of benzene rings is 1. The van der Waals surface area contributed by atoms with Crippen LogP contribution in [-0.2, 0) is 4.79 Å². The normalized spacial score (nSPS) is 19.9. The number of likely N-dealkylation sites (tertiary alicyclic amines) is 1. The first-order valence-corrected chi connectivity index (χ1v) is 7.95. The van der Waals surface area contributed by atoms with Gasteiger partial charge < -0.3 is 14.4 Å². The number of amides is 1.